The molecule has 0 aliphatic rings. The van der Waals surface area contributed by atoms with E-state index in [1.54, 1.807) is 0 Å². The van der Waals surface area contributed by atoms with Gasteiger partial charge in [0.25, 0.3) is 0 Å². The van der Waals surface area contributed by atoms with Crippen LogP contribution < -0.4 is 10.5 Å². The molecule has 0 unspecified atom stereocenters. The lowest BCUT2D eigenvalue weighted by molar-refractivity contribution is -0.139. The van der Waals surface area contributed by atoms with Crippen molar-refractivity contribution in [3.8, 4) is 0 Å². The predicted molar refractivity (Wildman–Crippen MR) is 60.7 cm³/mol. The lowest BCUT2D eigenvalue weighted by Gasteiger charge is -2.14. The molecule has 1 aromatic rings. The minimum atomic E-state index is -4.81. The first-order valence-electron chi connectivity index (χ1n) is 4.75. The molecule has 0 saturated heterocycles. The van der Waals surface area contributed by atoms with Gasteiger partial charge < -0.3 is 5.73 Å². The van der Waals surface area contributed by atoms with Crippen LogP contribution in [-0.2, 0) is 16.2 Å². The number of nitrogens with two attached hydrogens (primary N) is 1. The fraction of sp³-hybridized carbons (Fsp3) is 0.333. The Hall–Kier alpha value is -0.830. The molecule has 0 spiro atoms. The highest BCUT2D eigenvalue weighted by atomic mass is 35.5. The Morgan fingerprint density at radius 3 is 2.44 bits per heavy atom. The highest BCUT2D eigenvalue weighted by Gasteiger charge is 2.38. The monoisotopic (exact) mass is 302 g/mol. The number of hydrogen-bond donors (Lipinski definition) is 2. The zero-order chi connectivity index (χ0) is 14.0. The van der Waals surface area contributed by atoms with Crippen molar-refractivity contribution < 1.29 is 21.6 Å². The lowest BCUT2D eigenvalue weighted by Crippen LogP contribution is -2.31. The summed E-state index contributed by atoms with van der Waals surface area (Å²) in [6.45, 7) is -0.212. The van der Waals surface area contributed by atoms with Gasteiger partial charge in [-0.3, -0.25) is 0 Å². The molecule has 0 aromatic heterocycles. The van der Waals surface area contributed by atoms with E-state index in [1.807, 2.05) is 4.72 Å². The quantitative estimate of drug-likeness (QED) is 0.887. The summed E-state index contributed by atoms with van der Waals surface area (Å²) in [6.07, 6.45) is -4.81. The molecule has 0 atom stereocenters. The maximum absolute atomic E-state index is 12.7. The van der Waals surface area contributed by atoms with E-state index < -0.39 is 31.7 Å². The van der Waals surface area contributed by atoms with Gasteiger partial charge >= 0.3 is 6.18 Å². The largest absolute Gasteiger partial charge is 0.417 e. The Balaban J connectivity index is 3.40. The molecule has 1 aromatic carbocycles. The van der Waals surface area contributed by atoms with Crippen LogP contribution in [0.15, 0.2) is 23.1 Å². The topological polar surface area (TPSA) is 72.2 Å². The third-order valence-corrected chi connectivity index (χ3v) is 3.97. The third kappa shape index (κ3) is 3.35. The summed E-state index contributed by atoms with van der Waals surface area (Å²) in [5.74, 6) is 0. The minimum Gasteiger partial charge on any atom is -0.329 e. The molecule has 4 nitrogen and oxygen atoms in total. The number of sulfonamides is 1. The van der Waals surface area contributed by atoms with E-state index in [4.69, 9.17) is 17.3 Å². The molecule has 3 N–H and O–H groups in total. The molecule has 0 radical (unpaired) electrons. The molecule has 18 heavy (non-hydrogen) atoms. The number of benzene rings is 1. The molecular weight excluding hydrogens is 293 g/mol. The van der Waals surface area contributed by atoms with Gasteiger partial charge in [0.05, 0.1) is 10.6 Å². The summed E-state index contributed by atoms with van der Waals surface area (Å²) in [5, 5.41) is -0.491. The van der Waals surface area contributed by atoms with Crippen LogP contribution in [0.1, 0.15) is 5.56 Å². The second-order valence-corrected chi connectivity index (χ2v) is 5.41. The Kier molecular flexibility index (Phi) is 4.60. The Bertz CT molecular complexity index is 531. The normalized spacial score (nSPS) is 12.7. The zero-order valence-electron chi connectivity index (χ0n) is 8.96. The molecule has 102 valence electrons. The Morgan fingerprint density at radius 1 is 1.33 bits per heavy atom. The molecule has 1 rings (SSSR count). The van der Waals surface area contributed by atoms with Gasteiger partial charge in [0.1, 0.15) is 4.90 Å². The summed E-state index contributed by atoms with van der Waals surface area (Å²) in [7, 11) is -4.35. The summed E-state index contributed by atoms with van der Waals surface area (Å²) in [4.78, 5) is -0.979. The van der Waals surface area contributed by atoms with E-state index in [2.05, 4.69) is 0 Å². The zero-order valence-corrected chi connectivity index (χ0v) is 10.5. The van der Waals surface area contributed by atoms with Crippen molar-refractivity contribution >= 4 is 21.6 Å². The van der Waals surface area contributed by atoms with Gasteiger partial charge in [0.2, 0.25) is 10.0 Å². The van der Waals surface area contributed by atoms with Crippen LogP contribution in [0.4, 0.5) is 13.2 Å². The second-order valence-electron chi connectivity index (χ2n) is 3.30. The third-order valence-electron chi connectivity index (χ3n) is 1.98. The van der Waals surface area contributed by atoms with Crippen molar-refractivity contribution in [3.63, 3.8) is 0 Å². The summed E-state index contributed by atoms with van der Waals surface area (Å²) < 4.78 is 63.5. The first-order chi connectivity index (χ1) is 8.20. The number of alkyl halides is 3. The number of halogens is 4. The first kappa shape index (κ1) is 15.2. The molecule has 0 fully saturated rings. The molecular formula is C9H10ClF3N2O2S. The molecule has 0 aliphatic carbocycles. The van der Waals surface area contributed by atoms with E-state index >= 15 is 0 Å². The average Bonchev–Trinajstić information content (AvgIpc) is 2.24. The molecule has 9 heteroatoms. The van der Waals surface area contributed by atoms with Crippen molar-refractivity contribution in [2.24, 2.45) is 5.73 Å². The molecule has 0 saturated carbocycles. The van der Waals surface area contributed by atoms with Gasteiger partial charge in [-0.1, -0.05) is 17.7 Å². The van der Waals surface area contributed by atoms with Crippen LogP contribution in [0.25, 0.3) is 0 Å². The van der Waals surface area contributed by atoms with Crippen LogP contribution in [0.3, 0.4) is 0 Å². The van der Waals surface area contributed by atoms with Crippen molar-refractivity contribution in [1.82, 2.24) is 4.72 Å². The van der Waals surface area contributed by atoms with Crippen molar-refractivity contribution in [2.45, 2.75) is 11.1 Å². The highest BCUT2D eigenvalue weighted by molar-refractivity contribution is 7.89. The van der Waals surface area contributed by atoms with Crippen LogP contribution in [0.5, 0.6) is 0 Å². The first-order valence-corrected chi connectivity index (χ1v) is 6.61. The van der Waals surface area contributed by atoms with Crippen LogP contribution in [0.2, 0.25) is 5.02 Å². The number of hydrogen-bond acceptors (Lipinski definition) is 3. The lowest BCUT2D eigenvalue weighted by atomic mass is 10.2. The van der Waals surface area contributed by atoms with Crippen LogP contribution in [-0.4, -0.2) is 21.5 Å². The highest BCUT2D eigenvalue weighted by Crippen LogP contribution is 2.37. The van der Waals surface area contributed by atoms with Crippen molar-refractivity contribution in [3.05, 3.63) is 28.8 Å². The maximum Gasteiger partial charge on any atom is 0.417 e. The Labute approximate surface area is 107 Å². The maximum atomic E-state index is 12.7. The summed E-state index contributed by atoms with van der Waals surface area (Å²) >= 11 is 5.55. The standard InChI is InChI=1S/C9H10ClF3N2O2S/c10-7-3-1-2-6(9(11,12)13)8(7)18(16,17)15-5-4-14/h1-3,15H,4-5,14H2. The molecule has 0 heterocycles. The fourth-order valence-corrected chi connectivity index (χ4v) is 3.08. The molecule has 0 bridgehead atoms. The molecule has 0 aliphatic heterocycles. The van der Waals surface area contributed by atoms with Crippen LogP contribution in [0, 0.1) is 0 Å². The smallest absolute Gasteiger partial charge is 0.329 e. The summed E-state index contributed by atoms with van der Waals surface area (Å²) in [6, 6.07) is 2.77. The fourth-order valence-electron chi connectivity index (χ4n) is 1.27. The number of rotatable bonds is 4. The summed E-state index contributed by atoms with van der Waals surface area (Å²) in [5.41, 5.74) is 3.79. The van der Waals surface area contributed by atoms with Gasteiger partial charge in [0, 0.05) is 13.1 Å². The van der Waals surface area contributed by atoms with Gasteiger partial charge in [-0.2, -0.15) is 13.2 Å². The average molecular weight is 303 g/mol. The van der Waals surface area contributed by atoms with Gasteiger partial charge in [0.15, 0.2) is 0 Å². The van der Waals surface area contributed by atoms with Gasteiger partial charge in [-0.25, -0.2) is 13.1 Å². The Morgan fingerprint density at radius 2 is 1.94 bits per heavy atom. The van der Waals surface area contributed by atoms with Crippen molar-refractivity contribution in [1.29, 1.82) is 0 Å². The SMILES string of the molecule is NCCNS(=O)(=O)c1c(Cl)cccc1C(F)(F)F. The van der Waals surface area contributed by atoms with E-state index in [0.29, 0.717) is 6.07 Å². The van der Waals surface area contributed by atoms with Crippen molar-refractivity contribution in [2.75, 3.05) is 13.1 Å². The second kappa shape index (κ2) is 5.43. The van der Waals surface area contributed by atoms with E-state index in [0.717, 1.165) is 12.1 Å². The molecule has 0 amide bonds. The van der Waals surface area contributed by atoms with E-state index in [9.17, 15) is 21.6 Å². The minimum absolute atomic E-state index is 0.0367. The van der Waals surface area contributed by atoms with E-state index in [1.165, 1.54) is 0 Å². The van der Waals surface area contributed by atoms with Gasteiger partial charge in [-0.15, -0.1) is 0 Å². The van der Waals surface area contributed by atoms with Crippen LogP contribution >= 0.6 is 11.6 Å². The number of nitrogens with one attached hydrogen (secondary N) is 1. The predicted octanol–water partition coefficient (Wildman–Crippen LogP) is 1.60. The van der Waals surface area contributed by atoms with E-state index in [-0.39, 0.29) is 13.1 Å². The van der Waals surface area contributed by atoms with Gasteiger partial charge in [-0.05, 0) is 12.1 Å².